The summed E-state index contributed by atoms with van der Waals surface area (Å²) in [4.78, 5) is 17.5. The van der Waals surface area contributed by atoms with Gasteiger partial charge in [0, 0.05) is 17.7 Å². The number of nitrogens with one attached hydrogen (secondary N) is 1. The summed E-state index contributed by atoms with van der Waals surface area (Å²) >= 11 is 0. The molecule has 1 aliphatic carbocycles. The van der Waals surface area contributed by atoms with Gasteiger partial charge in [-0.2, -0.15) is 10.1 Å². The van der Waals surface area contributed by atoms with E-state index in [-0.39, 0.29) is 17.2 Å². The topological polar surface area (TPSA) is 69.0 Å². The Labute approximate surface area is 182 Å². The molecule has 0 bridgehead atoms. The van der Waals surface area contributed by atoms with E-state index >= 15 is 0 Å². The van der Waals surface area contributed by atoms with Gasteiger partial charge in [0.1, 0.15) is 24.7 Å². The van der Waals surface area contributed by atoms with Crippen LogP contribution in [0.4, 0.5) is 5.95 Å². The molecule has 1 aromatic heterocycles. The molecule has 0 spiro atoms. The largest absolute Gasteiger partial charge is 0.489 e. The molecule has 1 atom stereocenters. The maximum absolute atomic E-state index is 13.1. The van der Waals surface area contributed by atoms with Crippen LogP contribution in [0.25, 0.3) is 0 Å². The summed E-state index contributed by atoms with van der Waals surface area (Å²) in [5.74, 6) is 1.64. The monoisotopic (exact) mass is 414 g/mol. The van der Waals surface area contributed by atoms with E-state index in [0.717, 1.165) is 34.6 Å². The van der Waals surface area contributed by atoms with Crippen LogP contribution in [0.5, 0.6) is 5.75 Å². The second-order valence-corrected chi connectivity index (χ2v) is 9.23. The molecule has 5 rings (SSSR count). The van der Waals surface area contributed by atoms with Crippen molar-refractivity contribution in [1.82, 2.24) is 14.8 Å². The van der Waals surface area contributed by atoms with Crippen molar-refractivity contribution >= 4 is 11.7 Å². The van der Waals surface area contributed by atoms with E-state index in [9.17, 15) is 4.79 Å². The Hall–Kier alpha value is -3.41. The highest BCUT2D eigenvalue weighted by atomic mass is 16.5. The van der Waals surface area contributed by atoms with Gasteiger partial charge >= 0.3 is 0 Å². The summed E-state index contributed by atoms with van der Waals surface area (Å²) < 4.78 is 7.76. The van der Waals surface area contributed by atoms with Crippen LogP contribution in [0.15, 0.2) is 66.1 Å². The van der Waals surface area contributed by atoms with Crippen LogP contribution >= 0.6 is 0 Å². The van der Waals surface area contributed by atoms with Gasteiger partial charge in [0.25, 0.3) is 0 Å². The number of fused-ring (bicyclic) bond motifs is 1. The smallest absolute Gasteiger partial charge is 0.226 e. The van der Waals surface area contributed by atoms with E-state index < -0.39 is 0 Å². The summed E-state index contributed by atoms with van der Waals surface area (Å²) in [5.41, 5.74) is 5.06. The summed E-state index contributed by atoms with van der Waals surface area (Å²) in [7, 11) is 0. The Morgan fingerprint density at radius 2 is 1.84 bits per heavy atom. The molecule has 2 heterocycles. The number of nitrogens with zero attached hydrogens (tertiary/aromatic N) is 3. The van der Waals surface area contributed by atoms with Crippen molar-refractivity contribution in [2.45, 2.75) is 46.3 Å². The summed E-state index contributed by atoms with van der Waals surface area (Å²) in [6, 6.07) is 16.0. The Bertz CT molecular complexity index is 1160. The van der Waals surface area contributed by atoms with Crippen molar-refractivity contribution in [1.29, 1.82) is 0 Å². The number of hydrogen-bond acceptors (Lipinski definition) is 5. The quantitative estimate of drug-likeness (QED) is 0.663. The molecule has 0 fully saturated rings. The molecule has 0 amide bonds. The number of aryl methyl sites for hydroxylation is 1. The van der Waals surface area contributed by atoms with Crippen LogP contribution in [0.3, 0.4) is 0 Å². The lowest BCUT2D eigenvalue weighted by Gasteiger charge is -2.38. The van der Waals surface area contributed by atoms with Crippen molar-refractivity contribution in [3.63, 3.8) is 0 Å². The fraction of sp³-hybridized carbons (Fsp3) is 0.320. The van der Waals surface area contributed by atoms with Crippen LogP contribution in [0.1, 0.15) is 49.4 Å². The molecule has 31 heavy (non-hydrogen) atoms. The number of carbonyl (C=O) groups excluding carboxylic acids is 1. The maximum atomic E-state index is 13.1. The van der Waals surface area contributed by atoms with Crippen LogP contribution in [0.2, 0.25) is 0 Å². The molecule has 158 valence electrons. The van der Waals surface area contributed by atoms with Crippen LogP contribution in [-0.2, 0) is 11.4 Å². The number of hydrogen-bond donors (Lipinski definition) is 1. The molecule has 2 aromatic carbocycles. The average Bonchev–Trinajstić information content (AvgIpc) is 3.19. The van der Waals surface area contributed by atoms with E-state index in [0.29, 0.717) is 19.0 Å². The van der Waals surface area contributed by atoms with Crippen molar-refractivity contribution in [3.05, 3.63) is 82.8 Å². The zero-order valence-corrected chi connectivity index (χ0v) is 18.1. The highest BCUT2D eigenvalue weighted by Crippen LogP contribution is 2.45. The van der Waals surface area contributed by atoms with Gasteiger partial charge in [0.15, 0.2) is 5.78 Å². The number of ether oxygens (including phenoxy) is 1. The van der Waals surface area contributed by atoms with Gasteiger partial charge in [0.05, 0.1) is 0 Å². The first-order chi connectivity index (χ1) is 14.9. The fourth-order valence-corrected chi connectivity index (χ4v) is 4.45. The number of rotatable bonds is 4. The third-order valence-corrected chi connectivity index (χ3v) is 6.00. The van der Waals surface area contributed by atoms with Crippen LogP contribution in [0, 0.1) is 12.3 Å². The highest BCUT2D eigenvalue weighted by molar-refractivity contribution is 6.00. The van der Waals surface area contributed by atoms with E-state index in [2.05, 4.69) is 60.4 Å². The maximum Gasteiger partial charge on any atom is 0.226 e. The summed E-state index contributed by atoms with van der Waals surface area (Å²) in [5, 5.41) is 7.75. The van der Waals surface area contributed by atoms with Gasteiger partial charge in [-0.15, -0.1) is 0 Å². The first-order valence-electron chi connectivity index (χ1n) is 10.6. The van der Waals surface area contributed by atoms with E-state index in [1.54, 1.807) is 4.68 Å². The SMILES string of the molecule is Cc1ccc(COc2ccc([C@H]3C4=C(CC(C)(C)CC4=O)Nc4ncnn43)cc2)cc1. The van der Waals surface area contributed by atoms with Gasteiger partial charge in [-0.05, 0) is 42.0 Å². The molecule has 6 heteroatoms. The lowest BCUT2D eigenvalue weighted by atomic mass is 9.73. The molecule has 0 unspecified atom stereocenters. The standard InChI is InChI=1S/C25H26N4O2/c1-16-4-6-17(7-5-16)14-31-19-10-8-18(9-11-19)23-22-20(12-25(2,3)13-21(22)30)28-24-26-15-27-29(23)24/h4-11,15,23H,12-14H2,1-3H3,(H,26,27,28)/t23-/m0/s1. The lowest BCUT2D eigenvalue weighted by Crippen LogP contribution is -2.36. The molecule has 0 saturated carbocycles. The number of carbonyl (C=O) groups is 1. The zero-order chi connectivity index (χ0) is 21.6. The molecule has 0 radical (unpaired) electrons. The number of allylic oxidation sites excluding steroid dienone is 2. The Balaban J connectivity index is 1.42. The van der Waals surface area contributed by atoms with Gasteiger partial charge in [-0.3, -0.25) is 4.79 Å². The molecular formula is C25H26N4O2. The molecule has 2 aliphatic rings. The average molecular weight is 415 g/mol. The minimum absolute atomic E-state index is 0.0661. The van der Waals surface area contributed by atoms with Crippen LogP contribution < -0.4 is 10.1 Å². The second kappa shape index (κ2) is 7.38. The normalized spacial score (nSPS) is 19.5. The molecule has 1 aliphatic heterocycles. The highest BCUT2D eigenvalue weighted by Gasteiger charge is 2.41. The number of anilines is 1. The van der Waals surface area contributed by atoms with Crippen molar-refractivity contribution in [3.8, 4) is 5.75 Å². The third kappa shape index (κ3) is 3.74. The minimum atomic E-state index is -0.275. The Morgan fingerprint density at radius 1 is 1.10 bits per heavy atom. The Kier molecular flexibility index (Phi) is 4.65. The van der Waals surface area contributed by atoms with E-state index in [4.69, 9.17) is 4.74 Å². The van der Waals surface area contributed by atoms with Crippen molar-refractivity contribution in [2.24, 2.45) is 5.41 Å². The lowest BCUT2D eigenvalue weighted by molar-refractivity contribution is -0.118. The summed E-state index contributed by atoms with van der Waals surface area (Å²) in [6.45, 7) is 6.85. The van der Waals surface area contributed by atoms with Gasteiger partial charge < -0.3 is 10.1 Å². The summed E-state index contributed by atoms with van der Waals surface area (Å²) in [6.07, 6.45) is 2.88. The number of aromatic nitrogens is 3. The van der Waals surface area contributed by atoms with Crippen molar-refractivity contribution in [2.75, 3.05) is 5.32 Å². The fourth-order valence-electron chi connectivity index (χ4n) is 4.45. The molecule has 0 saturated heterocycles. The van der Waals surface area contributed by atoms with Gasteiger partial charge in [-0.25, -0.2) is 4.68 Å². The second-order valence-electron chi connectivity index (χ2n) is 9.23. The first-order valence-corrected chi connectivity index (χ1v) is 10.6. The third-order valence-electron chi connectivity index (χ3n) is 6.00. The first kappa shape index (κ1) is 19.5. The Morgan fingerprint density at radius 3 is 2.58 bits per heavy atom. The number of Topliss-reactive ketones (excluding diaryl/α,β-unsaturated/α-hetero) is 1. The number of benzene rings is 2. The molecule has 6 nitrogen and oxygen atoms in total. The number of ketones is 1. The zero-order valence-electron chi connectivity index (χ0n) is 18.1. The van der Waals surface area contributed by atoms with E-state index in [1.165, 1.54) is 11.9 Å². The van der Waals surface area contributed by atoms with E-state index in [1.807, 2.05) is 24.3 Å². The van der Waals surface area contributed by atoms with Crippen LogP contribution in [-0.4, -0.2) is 20.5 Å². The van der Waals surface area contributed by atoms with Crippen molar-refractivity contribution < 1.29 is 9.53 Å². The van der Waals surface area contributed by atoms with Gasteiger partial charge in [0.2, 0.25) is 5.95 Å². The molecule has 1 N–H and O–H groups in total. The predicted octanol–water partition coefficient (Wildman–Crippen LogP) is 4.82. The molecular weight excluding hydrogens is 388 g/mol. The minimum Gasteiger partial charge on any atom is -0.489 e. The van der Waals surface area contributed by atoms with Gasteiger partial charge in [-0.1, -0.05) is 55.8 Å². The predicted molar refractivity (Wildman–Crippen MR) is 119 cm³/mol. The molecule has 3 aromatic rings.